The number of hydrogen-bond acceptors (Lipinski definition) is 2. The third kappa shape index (κ3) is 2.42. The number of carbonyl (C=O) groups excluding carboxylic acids is 2. The van der Waals surface area contributed by atoms with Crippen molar-refractivity contribution in [1.82, 2.24) is 5.32 Å². The topological polar surface area (TPSA) is 49.4 Å². The van der Waals surface area contributed by atoms with Crippen molar-refractivity contribution < 1.29 is 9.59 Å². The molecule has 0 saturated carbocycles. The predicted molar refractivity (Wildman–Crippen MR) is 79.8 cm³/mol. The molecule has 0 radical (unpaired) electrons. The van der Waals surface area contributed by atoms with Gasteiger partial charge in [0.2, 0.25) is 0 Å². The molecule has 1 aliphatic rings. The fourth-order valence-electron chi connectivity index (χ4n) is 2.68. The minimum atomic E-state index is -0.891. The third-order valence-electron chi connectivity index (χ3n) is 3.73. The number of para-hydroxylation sites is 1. The minimum Gasteiger partial charge on any atom is -0.338 e. The summed E-state index contributed by atoms with van der Waals surface area (Å²) in [5.41, 5.74) is 0.383. The van der Waals surface area contributed by atoms with Gasteiger partial charge in [-0.05, 0) is 39.3 Å². The molecule has 0 aromatic heterocycles. The molecule has 20 heavy (non-hydrogen) atoms. The van der Waals surface area contributed by atoms with E-state index in [2.05, 4.69) is 12.2 Å². The van der Waals surface area contributed by atoms with Crippen molar-refractivity contribution in [2.75, 3.05) is 4.90 Å². The molecule has 4 nitrogen and oxygen atoms in total. The summed E-state index contributed by atoms with van der Waals surface area (Å²) in [4.78, 5) is 26.9. The fourth-order valence-corrected chi connectivity index (χ4v) is 2.68. The van der Waals surface area contributed by atoms with Crippen LogP contribution in [0.3, 0.4) is 0 Å². The van der Waals surface area contributed by atoms with Gasteiger partial charge in [-0.25, -0.2) is 0 Å². The van der Waals surface area contributed by atoms with Crippen molar-refractivity contribution in [3.05, 3.63) is 29.8 Å². The Labute approximate surface area is 120 Å². The number of nitrogens with zero attached hydrogens (tertiary/aromatic N) is 1. The monoisotopic (exact) mass is 274 g/mol. The van der Waals surface area contributed by atoms with E-state index in [1.165, 1.54) is 0 Å². The van der Waals surface area contributed by atoms with Crippen molar-refractivity contribution in [1.29, 1.82) is 0 Å². The van der Waals surface area contributed by atoms with Crippen LogP contribution >= 0.6 is 0 Å². The second kappa shape index (κ2) is 5.27. The molecule has 4 heteroatoms. The first-order valence-corrected chi connectivity index (χ1v) is 7.13. The van der Waals surface area contributed by atoms with E-state index < -0.39 is 5.54 Å². The zero-order chi connectivity index (χ0) is 14.9. The number of anilines is 1. The highest BCUT2D eigenvalue weighted by Gasteiger charge is 2.40. The van der Waals surface area contributed by atoms with Gasteiger partial charge in [0, 0.05) is 6.04 Å². The number of fused-ring (bicyclic) bond motifs is 1. The highest BCUT2D eigenvalue weighted by Crippen LogP contribution is 2.30. The van der Waals surface area contributed by atoms with Crippen LogP contribution in [0.2, 0.25) is 0 Å². The molecule has 108 valence electrons. The van der Waals surface area contributed by atoms with Crippen LogP contribution in [0, 0.1) is 0 Å². The molecular weight excluding hydrogens is 252 g/mol. The molecule has 0 fully saturated rings. The molecule has 1 unspecified atom stereocenters. The molecule has 1 aromatic carbocycles. The number of amides is 2. The summed E-state index contributed by atoms with van der Waals surface area (Å²) in [6.07, 6.45) is 1.90. The summed E-state index contributed by atoms with van der Waals surface area (Å²) >= 11 is 0. The van der Waals surface area contributed by atoms with E-state index in [0.717, 1.165) is 12.8 Å². The van der Waals surface area contributed by atoms with Crippen molar-refractivity contribution in [3.63, 3.8) is 0 Å². The van der Waals surface area contributed by atoms with Gasteiger partial charge in [0.1, 0.15) is 5.54 Å². The van der Waals surface area contributed by atoms with E-state index in [1.807, 2.05) is 25.1 Å². The van der Waals surface area contributed by atoms with E-state index in [4.69, 9.17) is 0 Å². The first-order chi connectivity index (χ1) is 9.38. The number of nitrogens with one attached hydrogen (secondary N) is 1. The molecular formula is C16H22N2O2. The van der Waals surface area contributed by atoms with Gasteiger partial charge >= 0.3 is 0 Å². The average Bonchev–Trinajstić information content (AvgIpc) is 2.45. The Morgan fingerprint density at radius 2 is 1.90 bits per heavy atom. The third-order valence-corrected chi connectivity index (χ3v) is 3.73. The Morgan fingerprint density at radius 1 is 1.25 bits per heavy atom. The maximum absolute atomic E-state index is 12.8. The van der Waals surface area contributed by atoms with Crippen LogP contribution < -0.4 is 10.2 Å². The number of benzene rings is 1. The molecule has 0 bridgehead atoms. The first-order valence-electron chi connectivity index (χ1n) is 7.13. The molecule has 1 aromatic rings. The van der Waals surface area contributed by atoms with Gasteiger partial charge in [-0.2, -0.15) is 0 Å². The van der Waals surface area contributed by atoms with Gasteiger partial charge in [-0.3, -0.25) is 9.59 Å². The van der Waals surface area contributed by atoms with Crippen LogP contribution in [0.25, 0.3) is 0 Å². The zero-order valence-electron chi connectivity index (χ0n) is 12.6. The van der Waals surface area contributed by atoms with Crippen molar-refractivity contribution in [2.24, 2.45) is 0 Å². The standard InChI is InChI=1S/C16H22N2O2/c1-5-8-11(2)18-13-10-7-6-9-12(13)14(19)17-16(3,4)15(18)20/h6-7,9-11H,5,8H2,1-4H3,(H,17,19). The van der Waals surface area contributed by atoms with Crippen LogP contribution in [0.5, 0.6) is 0 Å². The number of hydrogen-bond donors (Lipinski definition) is 1. The smallest absolute Gasteiger partial charge is 0.254 e. The van der Waals surface area contributed by atoms with E-state index in [0.29, 0.717) is 11.3 Å². The van der Waals surface area contributed by atoms with E-state index in [-0.39, 0.29) is 17.9 Å². The fraction of sp³-hybridized carbons (Fsp3) is 0.500. The molecule has 0 saturated heterocycles. The molecule has 0 aliphatic carbocycles. The minimum absolute atomic E-state index is 0.0586. The maximum atomic E-state index is 12.8. The Balaban J connectivity index is 2.57. The summed E-state index contributed by atoms with van der Waals surface area (Å²) in [7, 11) is 0. The molecule has 1 heterocycles. The Kier molecular flexibility index (Phi) is 3.84. The molecule has 1 N–H and O–H groups in total. The van der Waals surface area contributed by atoms with E-state index >= 15 is 0 Å². The second-order valence-corrected chi connectivity index (χ2v) is 5.91. The summed E-state index contributed by atoms with van der Waals surface area (Å²) in [6, 6.07) is 7.37. The van der Waals surface area contributed by atoms with Crippen LogP contribution in [0.4, 0.5) is 5.69 Å². The Morgan fingerprint density at radius 3 is 2.55 bits per heavy atom. The van der Waals surface area contributed by atoms with Gasteiger partial charge in [-0.1, -0.05) is 25.5 Å². The van der Waals surface area contributed by atoms with Crippen LogP contribution in [-0.4, -0.2) is 23.4 Å². The lowest BCUT2D eigenvalue weighted by atomic mass is 10.0. The summed E-state index contributed by atoms with van der Waals surface area (Å²) in [6.45, 7) is 7.64. The molecule has 1 aliphatic heterocycles. The van der Waals surface area contributed by atoms with E-state index in [9.17, 15) is 9.59 Å². The van der Waals surface area contributed by atoms with Gasteiger partial charge in [-0.15, -0.1) is 0 Å². The average molecular weight is 274 g/mol. The van der Waals surface area contributed by atoms with Crippen LogP contribution in [0.1, 0.15) is 50.9 Å². The molecule has 0 spiro atoms. The summed E-state index contributed by atoms with van der Waals surface area (Å²) < 4.78 is 0. The lowest BCUT2D eigenvalue weighted by Crippen LogP contribution is -2.55. The Bertz CT molecular complexity index is 537. The maximum Gasteiger partial charge on any atom is 0.254 e. The lowest BCUT2D eigenvalue weighted by Gasteiger charge is -2.33. The van der Waals surface area contributed by atoms with Crippen molar-refractivity contribution >= 4 is 17.5 Å². The van der Waals surface area contributed by atoms with Crippen molar-refractivity contribution in [2.45, 2.75) is 52.1 Å². The molecule has 2 rings (SSSR count). The zero-order valence-corrected chi connectivity index (χ0v) is 12.6. The van der Waals surface area contributed by atoms with Crippen LogP contribution in [0.15, 0.2) is 24.3 Å². The van der Waals surface area contributed by atoms with Crippen molar-refractivity contribution in [3.8, 4) is 0 Å². The largest absolute Gasteiger partial charge is 0.338 e. The quantitative estimate of drug-likeness (QED) is 0.921. The lowest BCUT2D eigenvalue weighted by molar-refractivity contribution is -0.123. The summed E-state index contributed by atoms with van der Waals surface area (Å²) in [5.74, 6) is -0.248. The van der Waals surface area contributed by atoms with Gasteiger partial charge in [0.25, 0.3) is 11.8 Å². The van der Waals surface area contributed by atoms with Gasteiger partial charge in [0.05, 0.1) is 11.3 Å². The highest BCUT2D eigenvalue weighted by atomic mass is 16.2. The number of carbonyl (C=O) groups is 2. The molecule has 1 atom stereocenters. The SMILES string of the molecule is CCCC(C)N1C(=O)C(C)(C)NC(=O)c2ccccc21. The van der Waals surface area contributed by atoms with E-state index in [1.54, 1.807) is 24.8 Å². The normalized spacial score (nSPS) is 19.1. The van der Waals surface area contributed by atoms with Gasteiger partial charge < -0.3 is 10.2 Å². The molecule has 2 amide bonds. The first kappa shape index (κ1) is 14.6. The van der Waals surface area contributed by atoms with Crippen LogP contribution in [-0.2, 0) is 4.79 Å². The summed E-state index contributed by atoms with van der Waals surface area (Å²) in [5, 5.41) is 2.82. The number of rotatable bonds is 3. The predicted octanol–water partition coefficient (Wildman–Crippen LogP) is 2.73. The Hall–Kier alpha value is -1.84. The second-order valence-electron chi connectivity index (χ2n) is 5.91. The van der Waals surface area contributed by atoms with Gasteiger partial charge in [0.15, 0.2) is 0 Å². The highest BCUT2D eigenvalue weighted by molar-refractivity contribution is 6.12.